The second kappa shape index (κ2) is 4.14. The summed E-state index contributed by atoms with van der Waals surface area (Å²) in [5.74, 6) is 0.794. The van der Waals surface area contributed by atoms with Gasteiger partial charge in [0.2, 0.25) is 5.95 Å². The minimum atomic E-state index is 0.725. The standard InChI is InChI=1S/C11H18N4/c1-8-6-10(7-12-9-4-5-9)14-11(13-8)15(2)3/h6,9,12H,4-5,7H2,1-3H3. The van der Waals surface area contributed by atoms with E-state index in [9.17, 15) is 0 Å². The van der Waals surface area contributed by atoms with Crippen molar-refractivity contribution >= 4 is 5.95 Å². The highest BCUT2D eigenvalue weighted by atomic mass is 15.2. The van der Waals surface area contributed by atoms with Crippen LogP contribution in [-0.2, 0) is 6.54 Å². The van der Waals surface area contributed by atoms with Gasteiger partial charge in [-0.2, -0.15) is 0 Å². The second-order valence-electron chi connectivity index (χ2n) is 4.35. The molecule has 0 amide bonds. The van der Waals surface area contributed by atoms with Crippen LogP contribution < -0.4 is 10.2 Å². The molecular weight excluding hydrogens is 188 g/mol. The maximum absolute atomic E-state index is 4.49. The van der Waals surface area contributed by atoms with Gasteiger partial charge in [-0.3, -0.25) is 0 Å². The molecule has 2 rings (SSSR count). The first-order valence-corrected chi connectivity index (χ1v) is 5.40. The van der Waals surface area contributed by atoms with Crippen LogP contribution in [0.2, 0.25) is 0 Å². The van der Waals surface area contributed by atoms with Gasteiger partial charge < -0.3 is 10.2 Å². The van der Waals surface area contributed by atoms with E-state index in [1.165, 1.54) is 12.8 Å². The second-order valence-corrected chi connectivity index (χ2v) is 4.35. The molecule has 1 aromatic heterocycles. The largest absolute Gasteiger partial charge is 0.347 e. The third-order valence-corrected chi connectivity index (χ3v) is 2.44. The molecule has 1 aliphatic rings. The van der Waals surface area contributed by atoms with Crippen molar-refractivity contribution in [2.75, 3.05) is 19.0 Å². The van der Waals surface area contributed by atoms with Gasteiger partial charge in [0.15, 0.2) is 0 Å². The van der Waals surface area contributed by atoms with Crippen LogP contribution in [0, 0.1) is 6.92 Å². The first-order chi connectivity index (χ1) is 7.15. The van der Waals surface area contributed by atoms with Gasteiger partial charge in [-0.05, 0) is 25.8 Å². The molecule has 0 aliphatic heterocycles. The van der Waals surface area contributed by atoms with Crippen molar-refractivity contribution in [1.29, 1.82) is 0 Å². The van der Waals surface area contributed by atoms with E-state index in [4.69, 9.17) is 0 Å². The summed E-state index contributed by atoms with van der Waals surface area (Å²) in [5, 5.41) is 3.46. The summed E-state index contributed by atoms with van der Waals surface area (Å²) < 4.78 is 0. The molecule has 4 nitrogen and oxygen atoms in total. The van der Waals surface area contributed by atoms with E-state index < -0.39 is 0 Å². The van der Waals surface area contributed by atoms with Crippen LogP contribution in [-0.4, -0.2) is 30.1 Å². The van der Waals surface area contributed by atoms with Crippen LogP contribution in [0.5, 0.6) is 0 Å². The maximum atomic E-state index is 4.49. The zero-order chi connectivity index (χ0) is 10.8. The molecule has 15 heavy (non-hydrogen) atoms. The fourth-order valence-electron chi connectivity index (χ4n) is 1.44. The first-order valence-electron chi connectivity index (χ1n) is 5.40. The van der Waals surface area contributed by atoms with Crippen molar-refractivity contribution in [3.8, 4) is 0 Å². The van der Waals surface area contributed by atoms with E-state index in [1.54, 1.807) is 0 Å². The smallest absolute Gasteiger partial charge is 0.225 e. The van der Waals surface area contributed by atoms with Gasteiger partial charge in [0.05, 0.1) is 5.69 Å². The minimum absolute atomic E-state index is 0.725. The lowest BCUT2D eigenvalue weighted by Crippen LogP contribution is -2.19. The molecule has 1 fully saturated rings. The lowest BCUT2D eigenvalue weighted by atomic mass is 10.3. The van der Waals surface area contributed by atoms with E-state index in [2.05, 4.69) is 15.3 Å². The van der Waals surface area contributed by atoms with Gasteiger partial charge in [0, 0.05) is 32.4 Å². The highest BCUT2D eigenvalue weighted by Gasteiger charge is 2.20. The van der Waals surface area contributed by atoms with E-state index in [1.807, 2.05) is 32.0 Å². The zero-order valence-corrected chi connectivity index (χ0v) is 9.62. The molecule has 1 N–H and O–H groups in total. The van der Waals surface area contributed by atoms with Crippen LogP contribution in [0.15, 0.2) is 6.07 Å². The Kier molecular flexibility index (Phi) is 2.86. The Hall–Kier alpha value is -1.16. The summed E-state index contributed by atoms with van der Waals surface area (Å²) in [7, 11) is 3.93. The lowest BCUT2D eigenvalue weighted by Gasteiger charge is -2.12. The molecule has 1 aromatic rings. The molecule has 1 saturated carbocycles. The SMILES string of the molecule is Cc1cc(CNC2CC2)nc(N(C)C)n1. The Labute approximate surface area is 90.7 Å². The van der Waals surface area contributed by atoms with Gasteiger partial charge in [-0.1, -0.05) is 0 Å². The third kappa shape index (κ3) is 2.89. The van der Waals surface area contributed by atoms with Crippen LogP contribution in [0.1, 0.15) is 24.2 Å². The van der Waals surface area contributed by atoms with Gasteiger partial charge in [-0.15, -0.1) is 0 Å². The molecule has 1 aliphatic carbocycles. The maximum Gasteiger partial charge on any atom is 0.225 e. The summed E-state index contributed by atoms with van der Waals surface area (Å²) >= 11 is 0. The number of nitrogens with zero attached hydrogens (tertiary/aromatic N) is 3. The van der Waals surface area contributed by atoms with Gasteiger partial charge >= 0.3 is 0 Å². The quantitative estimate of drug-likeness (QED) is 0.801. The summed E-state index contributed by atoms with van der Waals surface area (Å²) in [6.45, 7) is 2.87. The minimum Gasteiger partial charge on any atom is -0.347 e. The molecule has 82 valence electrons. The topological polar surface area (TPSA) is 41.1 Å². The van der Waals surface area contributed by atoms with Crippen molar-refractivity contribution in [3.63, 3.8) is 0 Å². The number of rotatable bonds is 4. The fourth-order valence-corrected chi connectivity index (χ4v) is 1.44. The fraction of sp³-hybridized carbons (Fsp3) is 0.636. The molecule has 0 radical (unpaired) electrons. The Balaban J connectivity index is 2.07. The Morgan fingerprint density at radius 2 is 2.13 bits per heavy atom. The monoisotopic (exact) mass is 206 g/mol. The molecule has 0 saturated heterocycles. The number of aromatic nitrogens is 2. The Morgan fingerprint density at radius 1 is 1.40 bits per heavy atom. The summed E-state index contributed by atoms with van der Waals surface area (Å²) in [6.07, 6.45) is 2.62. The summed E-state index contributed by atoms with van der Waals surface area (Å²) in [5.41, 5.74) is 2.11. The molecule has 0 unspecified atom stereocenters. The average Bonchev–Trinajstić information content (AvgIpc) is 2.97. The molecular formula is C11H18N4. The van der Waals surface area contributed by atoms with Crippen LogP contribution in [0.4, 0.5) is 5.95 Å². The van der Waals surface area contributed by atoms with Crippen molar-refractivity contribution in [2.24, 2.45) is 0 Å². The van der Waals surface area contributed by atoms with Crippen molar-refractivity contribution in [1.82, 2.24) is 15.3 Å². The predicted octanol–water partition coefficient (Wildman–Crippen LogP) is 1.10. The number of hydrogen-bond acceptors (Lipinski definition) is 4. The van der Waals surface area contributed by atoms with E-state index in [-0.39, 0.29) is 0 Å². The molecule has 1 heterocycles. The van der Waals surface area contributed by atoms with Gasteiger partial charge in [-0.25, -0.2) is 9.97 Å². The molecule has 0 aromatic carbocycles. The highest BCUT2D eigenvalue weighted by molar-refractivity contribution is 5.29. The molecule has 0 bridgehead atoms. The van der Waals surface area contributed by atoms with Crippen LogP contribution in [0.25, 0.3) is 0 Å². The van der Waals surface area contributed by atoms with Crippen LogP contribution in [0.3, 0.4) is 0 Å². The normalized spacial score (nSPS) is 15.4. The molecule has 4 heteroatoms. The van der Waals surface area contributed by atoms with E-state index in [0.717, 1.165) is 29.9 Å². The van der Waals surface area contributed by atoms with E-state index >= 15 is 0 Å². The first kappa shape index (κ1) is 10.4. The van der Waals surface area contributed by atoms with Crippen molar-refractivity contribution in [2.45, 2.75) is 32.4 Å². The highest BCUT2D eigenvalue weighted by Crippen LogP contribution is 2.19. The summed E-state index contributed by atoms with van der Waals surface area (Å²) in [6, 6.07) is 2.77. The van der Waals surface area contributed by atoms with Gasteiger partial charge in [0.25, 0.3) is 0 Å². The summed E-state index contributed by atoms with van der Waals surface area (Å²) in [4.78, 5) is 10.8. The van der Waals surface area contributed by atoms with Gasteiger partial charge in [0.1, 0.15) is 0 Å². The third-order valence-electron chi connectivity index (χ3n) is 2.44. The Morgan fingerprint density at radius 3 is 2.73 bits per heavy atom. The van der Waals surface area contributed by atoms with Crippen molar-refractivity contribution < 1.29 is 0 Å². The average molecular weight is 206 g/mol. The van der Waals surface area contributed by atoms with Crippen molar-refractivity contribution in [3.05, 3.63) is 17.5 Å². The van der Waals surface area contributed by atoms with Crippen LogP contribution >= 0.6 is 0 Å². The number of aryl methyl sites for hydroxylation is 1. The molecule has 0 atom stereocenters. The zero-order valence-electron chi connectivity index (χ0n) is 9.62. The Bertz CT molecular complexity index is 344. The number of anilines is 1. The molecule has 0 spiro atoms. The number of nitrogens with one attached hydrogen (secondary N) is 1. The van der Waals surface area contributed by atoms with E-state index in [0.29, 0.717) is 0 Å². The lowest BCUT2D eigenvalue weighted by molar-refractivity contribution is 0.671. The predicted molar refractivity (Wildman–Crippen MR) is 61.0 cm³/mol. The number of hydrogen-bond donors (Lipinski definition) is 1.